The highest BCUT2D eigenvalue weighted by Gasteiger charge is 2.21. The molecule has 16 heavy (non-hydrogen) atoms. The Morgan fingerprint density at radius 3 is 2.25 bits per heavy atom. The van der Waals surface area contributed by atoms with Gasteiger partial charge in [0.25, 0.3) is 0 Å². The average Bonchev–Trinajstić information content (AvgIpc) is 3.15. The minimum absolute atomic E-state index is 0.600. The molecule has 0 bridgehead atoms. The van der Waals surface area contributed by atoms with Gasteiger partial charge in [0.15, 0.2) is 0 Å². The third-order valence-corrected chi connectivity index (χ3v) is 2.67. The van der Waals surface area contributed by atoms with E-state index in [1.54, 1.807) is 0 Å². The van der Waals surface area contributed by atoms with Crippen molar-refractivity contribution in [2.45, 2.75) is 18.9 Å². The molecule has 1 aromatic heterocycles. The fourth-order valence-electron chi connectivity index (χ4n) is 1.59. The van der Waals surface area contributed by atoms with E-state index in [1.165, 1.54) is 12.8 Å². The molecule has 1 aliphatic carbocycles. The van der Waals surface area contributed by atoms with Crippen LogP contribution >= 0.6 is 0 Å². The van der Waals surface area contributed by atoms with Crippen molar-refractivity contribution in [2.24, 2.45) is 0 Å². The van der Waals surface area contributed by atoms with Gasteiger partial charge in [-0.25, -0.2) is 9.97 Å². The maximum Gasteiger partial charge on any atom is 0.222 e. The van der Waals surface area contributed by atoms with Gasteiger partial charge in [-0.3, -0.25) is 0 Å². The molecular weight excluding hydrogens is 198 g/mol. The first-order valence-corrected chi connectivity index (χ1v) is 5.56. The fourth-order valence-corrected chi connectivity index (χ4v) is 1.59. The van der Waals surface area contributed by atoms with Crippen LogP contribution in [0.4, 0.5) is 5.95 Å². The van der Waals surface area contributed by atoms with Gasteiger partial charge >= 0.3 is 0 Å². The van der Waals surface area contributed by atoms with Crippen LogP contribution in [0.3, 0.4) is 0 Å². The first-order chi connectivity index (χ1) is 7.92. The van der Waals surface area contributed by atoms with E-state index in [2.05, 4.69) is 27.4 Å². The van der Waals surface area contributed by atoms with E-state index >= 15 is 0 Å². The van der Waals surface area contributed by atoms with Gasteiger partial charge in [0.1, 0.15) is 0 Å². The summed E-state index contributed by atoms with van der Waals surface area (Å²) in [6.07, 6.45) is 6.22. The first-order valence-electron chi connectivity index (χ1n) is 5.56. The molecule has 0 unspecified atom stereocenters. The van der Waals surface area contributed by atoms with Crippen LogP contribution in [0.25, 0.3) is 11.1 Å². The lowest BCUT2D eigenvalue weighted by molar-refractivity contribution is 1.05. The van der Waals surface area contributed by atoms with Crippen LogP contribution in [0, 0.1) is 0 Å². The SMILES string of the molecule is c1ccc(-c2cnc(NC3CC3)nc2)cc1. The minimum Gasteiger partial charge on any atom is -0.351 e. The molecule has 1 aliphatic rings. The van der Waals surface area contributed by atoms with Gasteiger partial charge in [-0.05, 0) is 18.4 Å². The van der Waals surface area contributed by atoms with Gasteiger partial charge in [0, 0.05) is 24.0 Å². The molecule has 0 atom stereocenters. The minimum atomic E-state index is 0.600. The second kappa shape index (κ2) is 3.93. The van der Waals surface area contributed by atoms with E-state index < -0.39 is 0 Å². The fraction of sp³-hybridized carbons (Fsp3) is 0.231. The van der Waals surface area contributed by atoms with E-state index in [-0.39, 0.29) is 0 Å². The van der Waals surface area contributed by atoms with Gasteiger partial charge < -0.3 is 5.32 Å². The number of nitrogens with one attached hydrogen (secondary N) is 1. The Morgan fingerprint density at radius 2 is 1.62 bits per heavy atom. The lowest BCUT2D eigenvalue weighted by Crippen LogP contribution is -2.04. The van der Waals surface area contributed by atoms with Crippen LogP contribution in [0.15, 0.2) is 42.7 Å². The van der Waals surface area contributed by atoms with Crippen molar-refractivity contribution in [3.8, 4) is 11.1 Å². The van der Waals surface area contributed by atoms with E-state index in [0.29, 0.717) is 6.04 Å². The molecule has 80 valence electrons. The molecule has 0 radical (unpaired) electrons. The Labute approximate surface area is 94.6 Å². The standard InChI is InChI=1S/C13H13N3/c1-2-4-10(5-3-1)11-8-14-13(15-9-11)16-12-6-7-12/h1-5,8-9,12H,6-7H2,(H,14,15,16). The summed E-state index contributed by atoms with van der Waals surface area (Å²) in [6, 6.07) is 10.8. The zero-order valence-corrected chi connectivity index (χ0v) is 8.93. The molecule has 1 fully saturated rings. The molecule has 1 saturated carbocycles. The zero-order chi connectivity index (χ0) is 10.8. The lowest BCUT2D eigenvalue weighted by atomic mass is 10.1. The predicted molar refractivity (Wildman–Crippen MR) is 64.1 cm³/mol. The molecule has 0 saturated heterocycles. The summed E-state index contributed by atoms with van der Waals surface area (Å²) in [5.41, 5.74) is 2.21. The summed E-state index contributed by atoms with van der Waals surface area (Å²) in [6.45, 7) is 0. The molecule has 1 aromatic carbocycles. The maximum atomic E-state index is 4.31. The lowest BCUT2D eigenvalue weighted by Gasteiger charge is -2.03. The summed E-state index contributed by atoms with van der Waals surface area (Å²) >= 11 is 0. The number of hydrogen-bond acceptors (Lipinski definition) is 3. The molecule has 0 amide bonds. The quantitative estimate of drug-likeness (QED) is 0.848. The largest absolute Gasteiger partial charge is 0.351 e. The average molecular weight is 211 g/mol. The monoisotopic (exact) mass is 211 g/mol. The van der Waals surface area contributed by atoms with Crippen molar-refractivity contribution in [1.29, 1.82) is 0 Å². The predicted octanol–water partition coefficient (Wildman–Crippen LogP) is 2.72. The van der Waals surface area contributed by atoms with Gasteiger partial charge in [-0.1, -0.05) is 30.3 Å². The summed E-state index contributed by atoms with van der Waals surface area (Å²) in [4.78, 5) is 8.63. The number of benzene rings is 1. The summed E-state index contributed by atoms with van der Waals surface area (Å²) in [7, 11) is 0. The molecule has 1 N–H and O–H groups in total. The van der Waals surface area contributed by atoms with Crippen molar-refractivity contribution in [2.75, 3.05) is 5.32 Å². The maximum absolute atomic E-state index is 4.31. The Hall–Kier alpha value is -1.90. The number of anilines is 1. The molecule has 0 aliphatic heterocycles. The van der Waals surface area contributed by atoms with Crippen molar-refractivity contribution >= 4 is 5.95 Å². The van der Waals surface area contributed by atoms with Crippen LogP contribution in [-0.2, 0) is 0 Å². The first kappa shape index (κ1) is 9.33. The third-order valence-electron chi connectivity index (χ3n) is 2.67. The Kier molecular flexibility index (Phi) is 2.29. The molecular formula is C13H13N3. The van der Waals surface area contributed by atoms with Crippen molar-refractivity contribution in [3.63, 3.8) is 0 Å². The van der Waals surface area contributed by atoms with Crippen LogP contribution in [-0.4, -0.2) is 16.0 Å². The van der Waals surface area contributed by atoms with Crippen molar-refractivity contribution < 1.29 is 0 Å². The van der Waals surface area contributed by atoms with E-state index in [1.807, 2.05) is 30.6 Å². The number of aromatic nitrogens is 2. The molecule has 1 heterocycles. The highest BCUT2D eigenvalue weighted by Crippen LogP contribution is 2.23. The van der Waals surface area contributed by atoms with E-state index in [4.69, 9.17) is 0 Å². The highest BCUT2D eigenvalue weighted by molar-refractivity contribution is 5.61. The zero-order valence-electron chi connectivity index (χ0n) is 8.93. The number of nitrogens with zero attached hydrogens (tertiary/aromatic N) is 2. The molecule has 3 heteroatoms. The number of rotatable bonds is 3. The van der Waals surface area contributed by atoms with Crippen LogP contribution < -0.4 is 5.32 Å². The Morgan fingerprint density at radius 1 is 0.938 bits per heavy atom. The van der Waals surface area contributed by atoms with E-state index in [9.17, 15) is 0 Å². The molecule has 3 rings (SSSR count). The second-order valence-electron chi connectivity index (χ2n) is 4.08. The van der Waals surface area contributed by atoms with E-state index in [0.717, 1.165) is 17.1 Å². The van der Waals surface area contributed by atoms with Crippen molar-refractivity contribution in [3.05, 3.63) is 42.7 Å². The third kappa shape index (κ3) is 2.03. The van der Waals surface area contributed by atoms with Gasteiger partial charge in [0.05, 0.1) is 0 Å². The normalized spacial score (nSPS) is 14.8. The molecule has 3 nitrogen and oxygen atoms in total. The highest BCUT2D eigenvalue weighted by atomic mass is 15.1. The van der Waals surface area contributed by atoms with Crippen LogP contribution in [0.2, 0.25) is 0 Å². The van der Waals surface area contributed by atoms with Gasteiger partial charge in [-0.15, -0.1) is 0 Å². The van der Waals surface area contributed by atoms with Crippen molar-refractivity contribution in [1.82, 2.24) is 9.97 Å². The summed E-state index contributed by atoms with van der Waals surface area (Å²) in [5.74, 6) is 0.738. The Bertz CT molecular complexity index is 460. The second-order valence-corrected chi connectivity index (χ2v) is 4.08. The number of hydrogen-bond donors (Lipinski definition) is 1. The topological polar surface area (TPSA) is 37.8 Å². The summed E-state index contributed by atoms with van der Waals surface area (Å²) < 4.78 is 0. The van der Waals surface area contributed by atoms with Gasteiger partial charge in [-0.2, -0.15) is 0 Å². The van der Waals surface area contributed by atoms with Gasteiger partial charge in [0.2, 0.25) is 5.95 Å². The van der Waals surface area contributed by atoms with Crippen LogP contribution in [0.1, 0.15) is 12.8 Å². The summed E-state index contributed by atoms with van der Waals surface area (Å²) in [5, 5.41) is 3.27. The molecule has 2 aromatic rings. The molecule has 0 spiro atoms. The Balaban J connectivity index is 1.81. The van der Waals surface area contributed by atoms with Crippen LogP contribution in [0.5, 0.6) is 0 Å². The smallest absolute Gasteiger partial charge is 0.222 e.